The van der Waals surface area contributed by atoms with Crippen LogP contribution in [0.2, 0.25) is 0 Å². The molecule has 53 heavy (non-hydrogen) atoms. The molecule has 0 aromatic rings. The van der Waals surface area contributed by atoms with Crippen LogP contribution >= 0.6 is 0 Å². The quantitative estimate of drug-likeness (QED) is 0.0329. The molecule has 1 amide bonds. The maximum Gasteiger partial charge on any atom is 0.305 e. The van der Waals surface area contributed by atoms with E-state index in [0.717, 1.165) is 70.6 Å². The van der Waals surface area contributed by atoms with Gasteiger partial charge in [0.25, 0.3) is 0 Å². The van der Waals surface area contributed by atoms with E-state index in [1.54, 1.807) is 6.08 Å². The van der Waals surface area contributed by atoms with Gasteiger partial charge < -0.3 is 20.3 Å². The molecule has 0 aromatic heterocycles. The number of unbranched alkanes of at least 4 members (excludes halogenated alkanes) is 26. The van der Waals surface area contributed by atoms with Gasteiger partial charge in [0.05, 0.1) is 25.4 Å². The third-order valence-corrected chi connectivity index (χ3v) is 10.1. The van der Waals surface area contributed by atoms with Gasteiger partial charge >= 0.3 is 5.97 Å². The number of rotatable bonds is 41. The van der Waals surface area contributed by atoms with E-state index in [-0.39, 0.29) is 18.5 Å². The highest BCUT2D eigenvalue weighted by Gasteiger charge is 2.18. The van der Waals surface area contributed by atoms with Crippen molar-refractivity contribution in [2.24, 2.45) is 0 Å². The molecule has 2 unspecified atom stereocenters. The maximum atomic E-state index is 12.4. The highest BCUT2D eigenvalue weighted by Crippen LogP contribution is 2.14. The maximum absolute atomic E-state index is 12.4. The smallest absolute Gasteiger partial charge is 0.305 e. The molecule has 0 heterocycles. The van der Waals surface area contributed by atoms with Crippen LogP contribution in [0, 0.1) is 0 Å². The van der Waals surface area contributed by atoms with Crippen molar-refractivity contribution in [3.05, 3.63) is 36.5 Å². The Hall–Kier alpha value is -1.92. The van der Waals surface area contributed by atoms with Gasteiger partial charge in [-0.3, -0.25) is 9.59 Å². The SMILES string of the molecule is CCC/C=C\C/C=C\CCCCCCCC(=O)OCCCCCCCCCCCCC(=O)NC(CO)C(O)/C=C/CCCCCCCCCCCCC. The summed E-state index contributed by atoms with van der Waals surface area (Å²) in [6.45, 7) is 4.76. The van der Waals surface area contributed by atoms with Gasteiger partial charge in [0, 0.05) is 12.8 Å². The largest absolute Gasteiger partial charge is 0.466 e. The fraction of sp³-hybridized carbons (Fsp3) is 0.830. The van der Waals surface area contributed by atoms with E-state index < -0.39 is 12.1 Å². The Balaban J connectivity index is 3.55. The first-order valence-corrected chi connectivity index (χ1v) is 22.8. The zero-order valence-electron chi connectivity index (χ0n) is 35.0. The van der Waals surface area contributed by atoms with Gasteiger partial charge in [-0.15, -0.1) is 0 Å². The number of hydrogen-bond donors (Lipinski definition) is 3. The Kier molecular flexibility index (Phi) is 41.3. The Bertz CT molecular complexity index is 869. The normalized spacial score (nSPS) is 13.1. The molecule has 0 radical (unpaired) electrons. The molecule has 2 atom stereocenters. The summed E-state index contributed by atoms with van der Waals surface area (Å²) in [5, 5.41) is 23.0. The summed E-state index contributed by atoms with van der Waals surface area (Å²) >= 11 is 0. The van der Waals surface area contributed by atoms with Crippen molar-refractivity contribution in [1.29, 1.82) is 0 Å². The molecule has 0 rings (SSSR count). The van der Waals surface area contributed by atoms with Crippen LogP contribution in [-0.4, -0.2) is 47.4 Å². The molecule has 0 saturated heterocycles. The standard InChI is InChI=1S/C47H87NO5/c1-3-5-7-9-11-13-15-17-19-23-27-31-35-39-45(50)44(43-49)48-46(51)40-36-32-28-24-21-22-26-30-34-38-42-53-47(52)41-37-33-29-25-20-18-16-14-12-10-8-6-4-2/h8,10,14,16,35,39,44-45,49-50H,3-7,9,11-13,15,17-34,36-38,40-43H2,1-2H3,(H,48,51)/b10-8-,16-14-,39-35+. The average Bonchev–Trinajstić information content (AvgIpc) is 3.16. The van der Waals surface area contributed by atoms with Crippen LogP contribution in [0.4, 0.5) is 0 Å². The summed E-state index contributed by atoms with van der Waals surface area (Å²) in [6, 6.07) is -0.644. The number of carbonyl (C=O) groups excluding carboxylic acids is 2. The molecule has 0 aliphatic rings. The summed E-state index contributed by atoms with van der Waals surface area (Å²) in [7, 11) is 0. The number of ether oxygens (including phenoxy) is 1. The van der Waals surface area contributed by atoms with E-state index >= 15 is 0 Å². The lowest BCUT2D eigenvalue weighted by molar-refractivity contribution is -0.143. The molecule has 0 bridgehead atoms. The van der Waals surface area contributed by atoms with Crippen molar-refractivity contribution in [3.8, 4) is 0 Å². The van der Waals surface area contributed by atoms with Crippen molar-refractivity contribution in [2.75, 3.05) is 13.2 Å². The van der Waals surface area contributed by atoms with Gasteiger partial charge in [-0.1, -0.05) is 192 Å². The first kappa shape index (κ1) is 51.1. The number of hydrogen-bond acceptors (Lipinski definition) is 5. The van der Waals surface area contributed by atoms with Gasteiger partial charge in [-0.2, -0.15) is 0 Å². The van der Waals surface area contributed by atoms with Crippen LogP contribution in [0.1, 0.15) is 226 Å². The number of aliphatic hydroxyl groups excluding tert-OH is 2. The van der Waals surface area contributed by atoms with Crippen molar-refractivity contribution >= 4 is 11.9 Å². The number of aliphatic hydroxyl groups is 2. The number of allylic oxidation sites excluding steroid dienone is 5. The second-order valence-electron chi connectivity index (χ2n) is 15.4. The Labute approximate surface area is 328 Å². The van der Waals surface area contributed by atoms with E-state index in [2.05, 4.69) is 43.5 Å². The fourth-order valence-electron chi connectivity index (χ4n) is 6.61. The van der Waals surface area contributed by atoms with Gasteiger partial charge in [-0.25, -0.2) is 0 Å². The molecule has 6 nitrogen and oxygen atoms in total. The molecule has 0 aliphatic carbocycles. The molecular formula is C47H87NO5. The summed E-state index contributed by atoms with van der Waals surface area (Å²) < 4.78 is 5.43. The lowest BCUT2D eigenvalue weighted by Gasteiger charge is -2.20. The van der Waals surface area contributed by atoms with Gasteiger partial charge in [0.15, 0.2) is 0 Å². The van der Waals surface area contributed by atoms with Gasteiger partial charge in [0.2, 0.25) is 5.91 Å². The van der Waals surface area contributed by atoms with Gasteiger partial charge in [-0.05, 0) is 57.8 Å². The molecular weight excluding hydrogens is 659 g/mol. The third-order valence-electron chi connectivity index (χ3n) is 10.1. The molecule has 0 fully saturated rings. The summed E-state index contributed by atoms with van der Waals surface area (Å²) in [6.07, 6.45) is 49.8. The molecule has 6 heteroatoms. The van der Waals surface area contributed by atoms with Crippen molar-refractivity contribution in [1.82, 2.24) is 5.32 Å². The van der Waals surface area contributed by atoms with Crippen LogP contribution in [0.5, 0.6) is 0 Å². The van der Waals surface area contributed by atoms with Crippen LogP contribution in [0.3, 0.4) is 0 Å². The van der Waals surface area contributed by atoms with Crippen LogP contribution in [-0.2, 0) is 14.3 Å². The third kappa shape index (κ3) is 39.6. The first-order chi connectivity index (χ1) is 26.0. The summed E-state index contributed by atoms with van der Waals surface area (Å²) in [5.74, 6) is -0.131. The van der Waals surface area contributed by atoms with Crippen LogP contribution < -0.4 is 5.32 Å². The second-order valence-corrected chi connectivity index (χ2v) is 15.4. The molecule has 0 aliphatic heterocycles. The lowest BCUT2D eigenvalue weighted by Crippen LogP contribution is -2.45. The summed E-state index contributed by atoms with van der Waals surface area (Å²) in [4.78, 5) is 24.4. The molecule has 0 aromatic carbocycles. The monoisotopic (exact) mass is 746 g/mol. The highest BCUT2D eigenvalue weighted by atomic mass is 16.5. The molecule has 3 N–H and O–H groups in total. The molecule has 0 saturated carbocycles. The van der Waals surface area contributed by atoms with Crippen molar-refractivity contribution in [3.63, 3.8) is 0 Å². The molecule has 310 valence electrons. The van der Waals surface area contributed by atoms with Crippen molar-refractivity contribution < 1.29 is 24.5 Å². The van der Waals surface area contributed by atoms with E-state index in [9.17, 15) is 19.8 Å². The lowest BCUT2D eigenvalue weighted by atomic mass is 10.0. The fourth-order valence-corrected chi connectivity index (χ4v) is 6.61. The molecule has 0 spiro atoms. The van der Waals surface area contributed by atoms with Crippen molar-refractivity contribution in [2.45, 2.75) is 238 Å². The van der Waals surface area contributed by atoms with E-state index in [4.69, 9.17) is 4.74 Å². The zero-order valence-corrected chi connectivity index (χ0v) is 35.0. The minimum Gasteiger partial charge on any atom is -0.466 e. The highest BCUT2D eigenvalue weighted by molar-refractivity contribution is 5.76. The topological polar surface area (TPSA) is 95.9 Å². The average molecular weight is 746 g/mol. The van der Waals surface area contributed by atoms with E-state index in [1.165, 1.54) is 128 Å². The number of nitrogens with one attached hydrogen (secondary N) is 1. The Morgan fingerprint density at radius 2 is 0.981 bits per heavy atom. The van der Waals surface area contributed by atoms with Gasteiger partial charge in [0.1, 0.15) is 0 Å². The summed E-state index contributed by atoms with van der Waals surface area (Å²) in [5.41, 5.74) is 0. The number of amides is 1. The van der Waals surface area contributed by atoms with E-state index in [0.29, 0.717) is 19.4 Å². The second kappa shape index (κ2) is 42.8. The first-order valence-electron chi connectivity index (χ1n) is 22.8. The predicted molar refractivity (Wildman–Crippen MR) is 227 cm³/mol. The zero-order chi connectivity index (χ0) is 38.7. The Morgan fingerprint density at radius 3 is 1.51 bits per heavy atom. The van der Waals surface area contributed by atoms with E-state index in [1.807, 2.05) is 6.08 Å². The number of esters is 1. The minimum absolute atomic E-state index is 0.0373. The predicted octanol–water partition coefficient (Wildman–Crippen LogP) is 12.9. The van der Waals surface area contributed by atoms with Crippen LogP contribution in [0.15, 0.2) is 36.5 Å². The minimum atomic E-state index is -0.859. The Morgan fingerprint density at radius 1 is 0.528 bits per heavy atom. The number of carbonyl (C=O) groups is 2. The van der Waals surface area contributed by atoms with Crippen LogP contribution in [0.25, 0.3) is 0 Å².